The van der Waals surface area contributed by atoms with Crippen molar-refractivity contribution in [1.29, 1.82) is 0 Å². The first-order valence-electron chi connectivity index (χ1n) is 5.80. The molecule has 0 atom stereocenters. The Hall–Kier alpha value is -1.06. The largest absolute Gasteiger partial charge is 0.416 e. The molecule has 1 aromatic carbocycles. The third-order valence-corrected chi connectivity index (χ3v) is 3.37. The molecule has 22 heavy (non-hydrogen) atoms. The zero-order valence-corrected chi connectivity index (χ0v) is 13.0. The minimum Gasteiger partial charge on any atom is -0.324 e. The Balaban J connectivity index is 0.00000441. The van der Waals surface area contributed by atoms with Crippen LogP contribution in [-0.2, 0) is 11.0 Å². The van der Waals surface area contributed by atoms with Gasteiger partial charge in [-0.05, 0) is 25.2 Å². The summed E-state index contributed by atoms with van der Waals surface area (Å²) < 4.78 is 62.4. The molecule has 1 aromatic rings. The van der Waals surface area contributed by atoms with Gasteiger partial charge in [-0.3, -0.25) is 4.79 Å². The van der Waals surface area contributed by atoms with Crippen LogP contribution in [0, 0.1) is 0 Å². The third kappa shape index (κ3) is 6.80. The second-order valence-corrected chi connectivity index (χ2v) is 5.05. The molecule has 0 bridgehead atoms. The molecule has 1 amide bonds. The summed E-state index contributed by atoms with van der Waals surface area (Å²) in [7, 11) is 1.50. The fourth-order valence-corrected chi connectivity index (χ4v) is 2.17. The molecule has 0 aliphatic heterocycles. The molecule has 10 heteroatoms. The standard InChI is InChI=1S/C12H13F5N2OS.ClH/c1-18-5-11(20)19-8-4-7(12(15,16)17)2-3-9(8)21-6-10(13)14;/h2-4,10,18H,5-6H2,1H3,(H,19,20);1H. The van der Waals surface area contributed by atoms with Gasteiger partial charge in [-0.2, -0.15) is 13.2 Å². The van der Waals surface area contributed by atoms with Crippen LogP contribution in [0.2, 0.25) is 0 Å². The van der Waals surface area contributed by atoms with Crippen LogP contribution >= 0.6 is 24.2 Å². The number of hydrogen-bond donors (Lipinski definition) is 2. The zero-order valence-electron chi connectivity index (χ0n) is 11.3. The molecule has 0 saturated carbocycles. The number of alkyl halides is 5. The van der Waals surface area contributed by atoms with E-state index in [0.717, 1.165) is 18.2 Å². The molecule has 3 nitrogen and oxygen atoms in total. The average Bonchev–Trinajstić information content (AvgIpc) is 2.36. The van der Waals surface area contributed by atoms with E-state index >= 15 is 0 Å². The van der Waals surface area contributed by atoms with Crippen molar-refractivity contribution in [3.63, 3.8) is 0 Å². The molecule has 0 saturated heterocycles. The lowest BCUT2D eigenvalue weighted by Crippen LogP contribution is -2.25. The third-order valence-electron chi connectivity index (χ3n) is 2.28. The number of benzene rings is 1. The first-order chi connectivity index (χ1) is 9.74. The van der Waals surface area contributed by atoms with Gasteiger partial charge >= 0.3 is 6.18 Å². The number of carbonyl (C=O) groups is 1. The molecule has 126 valence electrons. The number of amides is 1. The number of thioether (sulfide) groups is 1. The minimum absolute atomic E-state index is 0. The Morgan fingerprint density at radius 2 is 1.95 bits per heavy atom. The Morgan fingerprint density at radius 3 is 2.45 bits per heavy atom. The Kier molecular flexibility index (Phi) is 8.72. The molecule has 0 aliphatic carbocycles. The number of anilines is 1. The van der Waals surface area contributed by atoms with Gasteiger partial charge in [-0.1, -0.05) is 0 Å². The van der Waals surface area contributed by atoms with Crippen molar-refractivity contribution >= 4 is 35.8 Å². The quantitative estimate of drug-likeness (QED) is 0.598. The van der Waals surface area contributed by atoms with Crippen LogP contribution in [-0.4, -0.2) is 31.7 Å². The number of hydrogen-bond acceptors (Lipinski definition) is 3. The lowest BCUT2D eigenvalue weighted by molar-refractivity contribution is -0.137. The van der Waals surface area contributed by atoms with E-state index in [1.165, 1.54) is 7.05 Å². The summed E-state index contributed by atoms with van der Waals surface area (Å²) in [6, 6.07) is 2.60. The molecule has 0 aliphatic rings. The number of carbonyl (C=O) groups excluding carboxylic acids is 1. The van der Waals surface area contributed by atoms with Crippen LogP contribution in [0.1, 0.15) is 5.56 Å². The Morgan fingerprint density at radius 1 is 1.32 bits per heavy atom. The molecule has 0 radical (unpaired) electrons. The summed E-state index contributed by atoms with van der Waals surface area (Å²) in [6.45, 7) is -0.102. The molecule has 1 rings (SSSR count). The number of likely N-dealkylation sites (N-methyl/N-ethyl adjacent to an activating group) is 1. The normalized spacial score (nSPS) is 11.2. The highest BCUT2D eigenvalue weighted by Crippen LogP contribution is 2.36. The first kappa shape index (κ1) is 20.9. The minimum atomic E-state index is -4.58. The summed E-state index contributed by atoms with van der Waals surface area (Å²) in [6.07, 6.45) is -7.17. The molecule has 0 spiro atoms. The van der Waals surface area contributed by atoms with E-state index in [4.69, 9.17) is 0 Å². The van der Waals surface area contributed by atoms with Crippen LogP contribution in [0.5, 0.6) is 0 Å². The average molecular weight is 365 g/mol. The van der Waals surface area contributed by atoms with Crippen molar-refractivity contribution in [3.8, 4) is 0 Å². The summed E-state index contributed by atoms with van der Waals surface area (Å²) in [5, 5.41) is 4.82. The maximum Gasteiger partial charge on any atom is 0.416 e. The van der Waals surface area contributed by atoms with Crippen LogP contribution < -0.4 is 10.6 Å². The van der Waals surface area contributed by atoms with Gasteiger partial charge in [0.05, 0.1) is 23.5 Å². The fraction of sp³-hybridized carbons (Fsp3) is 0.417. The van der Waals surface area contributed by atoms with Gasteiger partial charge in [0.25, 0.3) is 0 Å². The van der Waals surface area contributed by atoms with E-state index in [-0.39, 0.29) is 29.5 Å². The van der Waals surface area contributed by atoms with Gasteiger partial charge in [-0.25, -0.2) is 8.78 Å². The van der Waals surface area contributed by atoms with Gasteiger partial charge in [0, 0.05) is 4.90 Å². The maximum absolute atomic E-state index is 12.6. The van der Waals surface area contributed by atoms with E-state index in [9.17, 15) is 26.7 Å². The van der Waals surface area contributed by atoms with Gasteiger partial charge < -0.3 is 10.6 Å². The number of nitrogens with one attached hydrogen (secondary N) is 2. The van der Waals surface area contributed by atoms with Gasteiger partial charge in [0.2, 0.25) is 12.3 Å². The predicted molar refractivity (Wildman–Crippen MR) is 78.0 cm³/mol. The van der Waals surface area contributed by atoms with Gasteiger partial charge in [0.15, 0.2) is 0 Å². The SMILES string of the molecule is CNCC(=O)Nc1cc(C(F)(F)F)ccc1SCC(F)F.Cl. The molecule has 0 aromatic heterocycles. The van der Waals surface area contributed by atoms with Crippen LogP contribution in [0.4, 0.5) is 27.6 Å². The highest BCUT2D eigenvalue weighted by atomic mass is 35.5. The van der Waals surface area contributed by atoms with Crippen molar-refractivity contribution < 1.29 is 26.7 Å². The van der Waals surface area contributed by atoms with Crippen molar-refractivity contribution in [2.24, 2.45) is 0 Å². The lowest BCUT2D eigenvalue weighted by Gasteiger charge is -2.14. The van der Waals surface area contributed by atoms with Crippen LogP contribution in [0.3, 0.4) is 0 Å². The summed E-state index contributed by atoms with van der Waals surface area (Å²) in [4.78, 5) is 11.6. The monoisotopic (exact) mass is 364 g/mol. The summed E-state index contributed by atoms with van der Waals surface area (Å²) in [5.41, 5.74) is -1.08. The Labute approximate surface area is 134 Å². The van der Waals surface area contributed by atoms with Crippen molar-refractivity contribution in [2.45, 2.75) is 17.5 Å². The lowest BCUT2D eigenvalue weighted by atomic mass is 10.2. The molecule has 0 heterocycles. The highest BCUT2D eigenvalue weighted by molar-refractivity contribution is 7.99. The van der Waals surface area contributed by atoms with Crippen molar-refractivity contribution in [1.82, 2.24) is 5.32 Å². The smallest absolute Gasteiger partial charge is 0.324 e. The second kappa shape index (κ2) is 9.16. The molecule has 0 fully saturated rings. The molecular formula is C12H14ClF5N2OS. The second-order valence-electron chi connectivity index (χ2n) is 3.99. The van der Waals surface area contributed by atoms with Crippen molar-refractivity contribution in [2.75, 3.05) is 24.7 Å². The summed E-state index contributed by atoms with van der Waals surface area (Å²) in [5.74, 6) is -1.13. The van der Waals surface area contributed by atoms with Crippen molar-refractivity contribution in [3.05, 3.63) is 23.8 Å². The predicted octanol–water partition coefficient (Wildman–Crippen LogP) is 3.64. The topological polar surface area (TPSA) is 41.1 Å². The fourth-order valence-electron chi connectivity index (χ4n) is 1.44. The van der Waals surface area contributed by atoms with E-state index < -0.39 is 29.8 Å². The van der Waals surface area contributed by atoms with E-state index in [0.29, 0.717) is 11.8 Å². The molecule has 0 unspecified atom stereocenters. The Bertz CT molecular complexity index is 499. The van der Waals surface area contributed by atoms with Crippen LogP contribution in [0.25, 0.3) is 0 Å². The maximum atomic E-state index is 12.6. The number of halogens is 6. The zero-order chi connectivity index (χ0) is 16.0. The van der Waals surface area contributed by atoms with Gasteiger partial charge in [0.1, 0.15) is 0 Å². The van der Waals surface area contributed by atoms with Gasteiger partial charge in [-0.15, -0.1) is 24.2 Å². The first-order valence-corrected chi connectivity index (χ1v) is 6.79. The van der Waals surface area contributed by atoms with E-state index in [1.807, 2.05) is 0 Å². The highest BCUT2D eigenvalue weighted by Gasteiger charge is 2.31. The van der Waals surface area contributed by atoms with E-state index in [1.54, 1.807) is 0 Å². The molecule has 2 N–H and O–H groups in total. The molecular weight excluding hydrogens is 351 g/mol. The number of rotatable bonds is 6. The van der Waals surface area contributed by atoms with Crippen LogP contribution in [0.15, 0.2) is 23.1 Å². The summed E-state index contributed by atoms with van der Waals surface area (Å²) >= 11 is 0.682. The van der Waals surface area contributed by atoms with E-state index in [2.05, 4.69) is 10.6 Å².